The van der Waals surface area contributed by atoms with Crippen LogP contribution in [-0.4, -0.2) is 42.8 Å². The molecule has 0 aromatic heterocycles. The zero-order valence-electron chi connectivity index (χ0n) is 9.05. The summed E-state index contributed by atoms with van der Waals surface area (Å²) in [5.41, 5.74) is 5.98. The predicted molar refractivity (Wildman–Crippen MR) is 54.7 cm³/mol. The van der Waals surface area contributed by atoms with E-state index >= 15 is 0 Å². The van der Waals surface area contributed by atoms with Gasteiger partial charge in [-0.1, -0.05) is 6.92 Å². The molecule has 3 nitrogen and oxygen atoms in total. The Morgan fingerprint density at radius 3 is 2.77 bits per heavy atom. The van der Waals surface area contributed by atoms with Gasteiger partial charge in [-0.15, -0.1) is 0 Å². The zero-order valence-corrected chi connectivity index (χ0v) is 9.05. The van der Waals surface area contributed by atoms with Crippen molar-refractivity contribution < 1.29 is 4.74 Å². The molecular formula is C10H22N2O. The Morgan fingerprint density at radius 2 is 2.31 bits per heavy atom. The second-order valence-electron chi connectivity index (χ2n) is 4.17. The summed E-state index contributed by atoms with van der Waals surface area (Å²) in [5.74, 6) is 0. The summed E-state index contributed by atoms with van der Waals surface area (Å²) < 4.78 is 5.41. The molecule has 0 aromatic rings. The van der Waals surface area contributed by atoms with Gasteiger partial charge in [0.15, 0.2) is 0 Å². The van der Waals surface area contributed by atoms with Crippen molar-refractivity contribution in [2.24, 2.45) is 5.73 Å². The molecule has 78 valence electrons. The smallest absolute Gasteiger partial charge is 0.0620 e. The van der Waals surface area contributed by atoms with E-state index in [2.05, 4.69) is 25.7 Å². The van der Waals surface area contributed by atoms with Crippen LogP contribution in [0.3, 0.4) is 0 Å². The van der Waals surface area contributed by atoms with E-state index in [1.807, 2.05) is 0 Å². The largest absolute Gasteiger partial charge is 0.379 e. The minimum Gasteiger partial charge on any atom is -0.379 e. The van der Waals surface area contributed by atoms with Gasteiger partial charge in [0.1, 0.15) is 0 Å². The minimum atomic E-state index is 0.156. The predicted octanol–water partition coefficient (Wildman–Crippen LogP) is 0.834. The summed E-state index contributed by atoms with van der Waals surface area (Å²) in [6.07, 6.45) is 1.10. The van der Waals surface area contributed by atoms with Crippen LogP contribution in [0.2, 0.25) is 0 Å². The van der Waals surface area contributed by atoms with E-state index < -0.39 is 0 Å². The van der Waals surface area contributed by atoms with E-state index in [9.17, 15) is 0 Å². The van der Waals surface area contributed by atoms with Crippen molar-refractivity contribution in [3.8, 4) is 0 Å². The average Bonchev–Trinajstić information content (AvgIpc) is 2.17. The Hall–Kier alpha value is -0.120. The Morgan fingerprint density at radius 1 is 1.62 bits per heavy atom. The van der Waals surface area contributed by atoms with Crippen LogP contribution in [0.5, 0.6) is 0 Å². The third-order valence-electron chi connectivity index (χ3n) is 3.26. The van der Waals surface area contributed by atoms with Gasteiger partial charge in [-0.2, -0.15) is 0 Å². The second-order valence-corrected chi connectivity index (χ2v) is 4.17. The van der Waals surface area contributed by atoms with Crippen LogP contribution in [0.25, 0.3) is 0 Å². The number of morpholine rings is 1. The lowest BCUT2D eigenvalue weighted by atomic mass is 9.94. The molecule has 2 unspecified atom stereocenters. The lowest BCUT2D eigenvalue weighted by molar-refractivity contribution is -0.0518. The first-order chi connectivity index (χ1) is 6.14. The quantitative estimate of drug-likeness (QED) is 0.709. The molecule has 3 heteroatoms. The number of rotatable bonds is 3. The van der Waals surface area contributed by atoms with Crippen molar-refractivity contribution in [1.82, 2.24) is 4.90 Å². The van der Waals surface area contributed by atoms with E-state index in [0.717, 1.165) is 32.7 Å². The highest BCUT2D eigenvalue weighted by Gasteiger charge is 2.33. The van der Waals surface area contributed by atoms with Gasteiger partial charge in [0.05, 0.1) is 13.2 Å². The summed E-state index contributed by atoms with van der Waals surface area (Å²) in [4.78, 5) is 2.48. The Bertz CT molecular complexity index is 157. The normalized spacial score (nSPS) is 30.0. The van der Waals surface area contributed by atoms with Crippen LogP contribution in [0.4, 0.5) is 0 Å². The van der Waals surface area contributed by atoms with Gasteiger partial charge in [0, 0.05) is 24.7 Å². The van der Waals surface area contributed by atoms with Gasteiger partial charge in [-0.3, -0.25) is 4.90 Å². The summed E-state index contributed by atoms with van der Waals surface area (Å²) >= 11 is 0. The monoisotopic (exact) mass is 186 g/mol. The molecule has 1 fully saturated rings. The molecule has 0 aliphatic carbocycles. The molecule has 0 radical (unpaired) electrons. The molecule has 0 bridgehead atoms. The average molecular weight is 186 g/mol. The fraction of sp³-hybridized carbons (Fsp3) is 1.00. The van der Waals surface area contributed by atoms with Crippen LogP contribution in [0, 0.1) is 0 Å². The maximum absolute atomic E-state index is 5.83. The van der Waals surface area contributed by atoms with Crippen molar-refractivity contribution in [2.45, 2.75) is 38.8 Å². The molecule has 1 aliphatic rings. The summed E-state index contributed by atoms with van der Waals surface area (Å²) in [5, 5.41) is 0. The van der Waals surface area contributed by atoms with Crippen LogP contribution in [0.15, 0.2) is 0 Å². The topological polar surface area (TPSA) is 38.5 Å². The van der Waals surface area contributed by atoms with Gasteiger partial charge in [0.25, 0.3) is 0 Å². The lowest BCUT2D eigenvalue weighted by Gasteiger charge is -2.46. The molecule has 1 aliphatic heterocycles. The van der Waals surface area contributed by atoms with Gasteiger partial charge in [-0.05, 0) is 20.3 Å². The number of ether oxygens (including phenoxy) is 1. The Kier molecular flexibility index (Phi) is 3.71. The van der Waals surface area contributed by atoms with Crippen molar-refractivity contribution in [3.63, 3.8) is 0 Å². The lowest BCUT2D eigenvalue weighted by Crippen LogP contribution is -2.59. The first-order valence-electron chi connectivity index (χ1n) is 5.18. The minimum absolute atomic E-state index is 0.156. The molecule has 2 N–H and O–H groups in total. The fourth-order valence-electron chi connectivity index (χ4n) is 1.99. The molecule has 1 saturated heterocycles. The van der Waals surface area contributed by atoms with Crippen LogP contribution < -0.4 is 5.73 Å². The van der Waals surface area contributed by atoms with E-state index in [-0.39, 0.29) is 5.54 Å². The molecule has 13 heavy (non-hydrogen) atoms. The zero-order chi connectivity index (χ0) is 9.90. The van der Waals surface area contributed by atoms with Crippen molar-refractivity contribution in [3.05, 3.63) is 0 Å². The number of hydrogen-bond donors (Lipinski definition) is 1. The highest BCUT2D eigenvalue weighted by molar-refractivity contribution is 4.90. The van der Waals surface area contributed by atoms with Gasteiger partial charge < -0.3 is 10.5 Å². The fourth-order valence-corrected chi connectivity index (χ4v) is 1.99. The molecule has 0 spiro atoms. The van der Waals surface area contributed by atoms with Crippen molar-refractivity contribution >= 4 is 0 Å². The number of hydrogen-bond acceptors (Lipinski definition) is 3. The highest BCUT2D eigenvalue weighted by Crippen LogP contribution is 2.22. The maximum atomic E-state index is 5.83. The first-order valence-corrected chi connectivity index (χ1v) is 5.18. The number of nitrogens with two attached hydrogens (primary N) is 1. The molecule has 0 saturated carbocycles. The van der Waals surface area contributed by atoms with Crippen molar-refractivity contribution in [2.75, 3.05) is 26.3 Å². The van der Waals surface area contributed by atoms with Crippen LogP contribution >= 0.6 is 0 Å². The highest BCUT2D eigenvalue weighted by atomic mass is 16.5. The molecule has 2 atom stereocenters. The van der Waals surface area contributed by atoms with E-state index in [4.69, 9.17) is 10.5 Å². The molecule has 0 aromatic carbocycles. The van der Waals surface area contributed by atoms with Crippen molar-refractivity contribution in [1.29, 1.82) is 0 Å². The molecular weight excluding hydrogens is 164 g/mol. The van der Waals surface area contributed by atoms with Crippen LogP contribution in [0.1, 0.15) is 27.2 Å². The summed E-state index contributed by atoms with van der Waals surface area (Å²) in [6.45, 7) is 10.1. The van der Waals surface area contributed by atoms with E-state index in [0.29, 0.717) is 6.04 Å². The Labute approximate surface area is 81.2 Å². The molecule has 0 amide bonds. The SMILES string of the molecule is CCC(C)(CN)N1CCOCC1C. The number of nitrogens with zero attached hydrogens (tertiary/aromatic N) is 1. The summed E-state index contributed by atoms with van der Waals surface area (Å²) in [6, 6.07) is 0.502. The van der Waals surface area contributed by atoms with Gasteiger partial charge in [-0.25, -0.2) is 0 Å². The third kappa shape index (κ3) is 2.22. The summed E-state index contributed by atoms with van der Waals surface area (Å²) in [7, 11) is 0. The third-order valence-corrected chi connectivity index (χ3v) is 3.26. The second kappa shape index (κ2) is 4.40. The van der Waals surface area contributed by atoms with E-state index in [1.165, 1.54) is 0 Å². The van der Waals surface area contributed by atoms with Crippen LogP contribution in [-0.2, 0) is 4.74 Å². The maximum Gasteiger partial charge on any atom is 0.0620 e. The van der Waals surface area contributed by atoms with Gasteiger partial charge in [0.2, 0.25) is 0 Å². The standard InChI is InChI=1S/C10H22N2O/c1-4-10(3,8-11)12-5-6-13-7-9(12)2/h9H,4-8,11H2,1-3H3. The van der Waals surface area contributed by atoms with E-state index in [1.54, 1.807) is 0 Å². The molecule has 1 rings (SSSR count). The first kappa shape index (κ1) is 11.0. The Balaban J connectivity index is 2.65. The molecule has 1 heterocycles. The van der Waals surface area contributed by atoms with Gasteiger partial charge >= 0.3 is 0 Å².